The van der Waals surface area contributed by atoms with Crippen LogP contribution in [0.3, 0.4) is 0 Å². The molecule has 4 heteroatoms. The molecule has 4 nitrogen and oxygen atoms in total. The highest BCUT2D eigenvalue weighted by Crippen LogP contribution is 2.37. The van der Waals surface area contributed by atoms with E-state index in [0.29, 0.717) is 17.5 Å². The van der Waals surface area contributed by atoms with Crippen LogP contribution in [-0.2, 0) is 0 Å². The van der Waals surface area contributed by atoms with Crippen LogP contribution in [-0.4, -0.2) is 15.0 Å². The van der Waals surface area contributed by atoms with E-state index in [1.54, 1.807) is 0 Å². The third kappa shape index (κ3) is 4.63. The standard InChI is InChI=1S/C39H27N3O/c1-3-12-26(13-4-1)27-22-24-29(25-23-27)37-40-38(33-18-8-7-16-30(33)28-14-5-2-6-15-28)42-39(41-37)34-20-11-19-32-31-17-9-10-21-35(31)43-36(32)34/h1-6,8-15,17-25H,7,16H2. The van der Waals surface area contributed by atoms with Crippen molar-refractivity contribution in [3.8, 4) is 33.9 Å². The van der Waals surface area contributed by atoms with Gasteiger partial charge in [-0.3, -0.25) is 0 Å². The van der Waals surface area contributed by atoms with Crippen molar-refractivity contribution in [2.24, 2.45) is 0 Å². The van der Waals surface area contributed by atoms with E-state index in [1.165, 1.54) is 16.7 Å². The molecule has 43 heavy (non-hydrogen) atoms. The van der Waals surface area contributed by atoms with Gasteiger partial charge in [-0.05, 0) is 47.2 Å². The Kier molecular flexibility index (Phi) is 6.23. The van der Waals surface area contributed by atoms with Crippen LogP contribution in [0, 0.1) is 0 Å². The second-order valence-electron chi connectivity index (χ2n) is 10.7. The Morgan fingerprint density at radius 1 is 0.488 bits per heavy atom. The largest absolute Gasteiger partial charge is 0.455 e. The number of benzene rings is 5. The summed E-state index contributed by atoms with van der Waals surface area (Å²) in [7, 11) is 0. The first-order chi connectivity index (χ1) is 21.3. The minimum absolute atomic E-state index is 0.593. The molecule has 0 fully saturated rings. The Balaban J connectivity index is 1.34. The van der Waals surface area contributed by atoms with Crippen LogP contribution in [0.4, 0.5) is 0 Å². The lowest BCUT2D eigenvalue weighted by molar-refractivity contribution is 0.669. The van der Waals surface area contributed by atoms with Gasteiger partial charge < -0.3 is 4.42 Å². The Hall–Kier alpha value is -5.61. The molecular weight excluding hydrogens is 526 g/mol. The van der Waals surface area contributed by atoms with Crippen LogP contribution in [0.5, 0.6) is 0 Å². The average Bonchev–Trinajstić information content (AvgIpc) is 3.48. The molecule has 0 radical (unpaired) electrons. The van der Waals surface area contributed by atoms with Crippen molar-refractivity contribution in [3.63, 3.8) is 0 Å². The molecule has 8 rings (SSSR count). The molecule has 0 N–H and O–H groups in total. The lowest BCUT2D eigenvalue weighted by Gasteiger charge is -2.17. The topological polar surface area (TPSA) is 51.8 Å². The van der Waals surface area contributed by atoms with Gasteiger partial charge >= 0.3 is 0 Å². The molecule has 1 aliphatic carbocycles. The molecule has 2 heterocycles. The number of hydrogen-bond acceptors (Lipinski definition) is 4. The van der Waals surface area contributed by atoms with Gasteiger partial charge in [-0.1, -0.05) is 127 Å². The summed E-state index contributed by atoms with van der Waals surface area (Å²) in [6.45, 7) is 0. The molecule has 1 aliphatic rings. The number of aromatic nitrogens is 3. The van der Waals surface area contributed by atoms with Crippen LogP contribution >= 0.6 is 0 Å². The Morgan fingerprint density at radius 3 is 1.93 bits per heavy atom. The number of para-hydroxylation sites is 2. The van der Waals surface area contributed by atoms with Crippen LogP contribution < -0.4 is 0 Å². The van der Waals surface area contributed by atoms with Gasteiger partial charge in [0.1, 0.15) is 11.2 Å². The minimum atomic E-state index is 0.593. The maximum Gasteiger partial charge on any atom is 0.167 e. The Bertz CT molecular complexity index is 2160. The molecule has 7 aromatic rings. The zero-order valence-electron chi connectivity index (χ0n) is 23.4. The highest BCUT2D eigenvalue weighted by molar-refractivity contribution is 6.09. The summed E-state index contributed by atoms with van der Waals surface area (Å²) in [4.78, 5) is 15.3. The van der Waals surface area contributed by atoms with E-state index in [4.69, 9.17) is 19.4 Å². The second kappa shape index (κ2) is 10.7. The highest BCUT2D eigenvalue weighted by atomic mass is 16.3. The fourth-order valence-corrected chi connectivity index (χ4v) is 5.92. The van der Waals surface area contributed by atoms with Crippen molar-refractivity contribution in [2.45, 2.75) is 12.8 Å². The van der Waals surface area contributed by atoms with Crippen molar-refractivity contribution in [1.82, 2.24) is 15.0 Å². The summed E-state index contributed by atoms with van der Waals surface area (Å²) < 4.78 is 6.40. The molecule has 5 aromatic carbocycles. The molecule has 0 bridgehead atoms. The Morgan fingerprint density at radius 2 is 1.12 bits per heavy atom. The van der Waals surface area contributed by atoms with Crippen molar-refractivity contribution in [3.05, 3.63) is 151 Å². The summed E-state index contributed by atoms with van der Waals surface area (Å²) in [5.74, 6) is 1.89. The molecule has 0 saturated heterocycles. The van der Waals surface area contributed by atoms with Gasteiger partial charge in [-0.2, -0.15) is 0 Å². The van der Waals surface area contributed by atoms with Crippen molar-refractivity contribution in [2.75, 3.05) is 0 Å². The van der Waals surface area contributed by atoms with Crippen molar-refractivity contribution >= 4 is 33.1 Å². The van der Waals surface area contributed by atoms with Gasteiger partial charge in [-0.25, -0.2) is 15.0 Å². The lowest BCUT2D eigenvalue weighted by Crippen LogP contribution is -2.05. The summed E-state index contributed by atoms with van der Waals surface area (Å²) in [5.41, 5.74) is 9.19. The molecule has 0 aliphatic heterocycles. The van der Waals surface area contributed by atoms with E-state index >= 15 is 0 Å². The van der Waals surface area contributed by atoms with E-state index in [0.717, 1.165) is 57.0 Å². The van der Waals surface area contributed by atoms with E-state index in [-0.39, 0.29) is 0 Å². The number of rotatable bonds is 5. The number of allylic oxidation sites excluding steroid dienone is 4. The van der Waals surface area contributed by atoms with Crippen LogP contribution in [0.15, 0.2) is 144 Å². The summed E-state index contributed by atoms with van der Waals surface area (Å²) >= 11 is 0. The second-order valence-corrected chi connectivity index (χ2v) is 10.7. The summed E-state index contributed by atoms with van der Waals surface area (Å²) in [6, 6.07) is 43.7. The lowest BCUT2D eigenvalue weighted by atomic mass is 9.91. The van der Waals surface area contributed by atoms with Gasteiger partial charge in [0.05, 0.1) is 5.56 Å². The third-order valence-electron chi connectivity index (χ3n) is 8.06. The molecular formula is C39H27N3O. The number of nitrogens with zero attached hydrogens (tertiary/aromatic N) is 3. The van der Waals surface area contributed by atoms with E-state index in [2.05, 4.69) is 103 Å². The normalized spacial score (nSPS) is 13.2. The molecule has 0 spiro atoms. The summed E-state index contributed by atoms with van der Waals surface area (Å²) in [6.07, 6.45) is 6.28. The van der Waals surface area contributed by atoms with Crippen LogP contribution in [0.2, 0.25) is 0 Å². The first-order valence-corrected chi connectivity index (χ1v) is 14.6. The zero-order valence-corrected chi connectivity index (χ0v) is 23.4. The zero-order chi connectivity index (χ0) is 28.6. The summed E-state index contributed by atoms with van der Waals surface area (Å²) in [5, 5.41) is 2.13. The quantitative estimate of drug-likeness (QED) is 0.213. The minimum Gasteiger partial charge on any atom is -0.455 e. The van der Waals surface area contributed by atoms with E-state index in [1.807, 2.05) is 36.4 Å². The molecule has 0 saturated carbocycles. The Labute approximate surface area is 249 Å². The first-order valence-electron chi connectivity index (χ1n) is 14.6. The first kappa shape index (κ1) is 25.1. The van der Waals surface area contributed by atoms with Crippen molar-refractivity contribution in [1.29, 1.82) is 0 Å². The molecule has 2 aromatic heterocycles. The van der Waals surface area contributed by atoms with Crippen LogP contribution in [0.1, 0.15) is 24.2 Å². The van der Waals surface area contributed by atoms with E-state index < -0.39 is 0 Å². The van der Waals surface area contributed by atoms with Gasteiger partial charge in [-0.15, -0.1) is 0 Å². The van der Waals surface area contributed by atoms with E-state index in [9.17, 15) is 0 Å². The average molecular weight is 554 g/mol. The monoisotopic (exact) mass is 553 g/mol. The van der Waals surface area contributed by atoms with Crippen LogP contribution in [0.25, 0.3) is 67.0 Å². The third-order valence-corrected chi connectivity index (χ3v) is 8.06. The predicted molar refractivity (Wildman–Crippen MR) is 175 cm³/mol. The number of hydrogen-bond donors (Lipinski definition) is 0. The predicted octanol–water partition coefficient (Wildman–Crippen LogP) is 10.0. The van der Waals surface area contributed by atoms with Gasteiger partial charge in [0.15, 0.2) is 17.5 Å². The highest BCUT2D eigenvalue weighted by Gasteiger charge is 2.20. The number of fused-ring (bicyclic) bond motifs is 3. The molecule has 204 valence electrons. The number of furan rings is 1. The molecule has 0 amide bonds. The fourth-order valence-electron chi connectivity index (χ4n) is 5.92. The van der Waals surface area contributed by atoms with Crippen molar-refractivity contribution < 1.29 is 4.42 Å². The SMILES string of the molecule is C1=CC(c2nc(-c3ccc(-c4ccccc4)cc3)nc(-c3cccc4c3oc3ccccc34)n2)=C(c2ccccc2)CC1. The smallest absolute Gasteiger partial charge is 0.167 e. The van der Waals surface area contributed by atoms with Gasteiger partial charge in [0.25, 0.3) is 0 Å². The maximum absolute atomic E-state index is 6.40. The van der Waals surface area contributed by atoms with Gasteiger partial charge in [0, 0.05) is 21.9 Å². The van der Waals surface area contributed by atoms with Gasteiger partial charge in [0.2, 0.25) is 0 Å². The molecule has 0 atom stereocenters. The maximum atomic E-state index is 6.40. The fraction of sp³-hybridized carbons (Fsp3) is 0.0513. The molecule has 0 unspecified atom stereocenters.